The Labute approximate surface area is 109 Å². The van der Waals surface area contributed by atoms with Crippen LogP contribution in [0.5, 0.6) is 5.75 Å². The number of ether oxygens (including phenoxy) is 1. The van der Waals surface area contributed by atoms with Crippen molar-refractivity contribution in [2.75, 3.05) is 19.7 Å². The van der Waals surface area contributed by atoms with E-state index in [4.69, 9.17) is 9.84 Å². The van der Waals surface area contributed by atoms with E-state index in [-0.39, 0.29) is 30.2 Å². The molecule has 1 aromatic heterocycles. The Hall–Kier alpha value is -2.15. The number of nitrogens with zero attached hydrogens (tertiary/aromatic N) is 2. The molecule has 0 bridgehead atoms. The van der Waals surface area contributed by atoms with Gasteiger partial charge in [-0.3, -0.25) is 14.6 Å². The third-order valence-electron chi connectivity index (χ3n) is 2.80. The lowest BCUT2D eigenvalue weighted by Gasteiger charge is -2.32. The summed E-state index contributed by atoms with van der Waals surface area (Å²) in [6.45, 7) is 0.918. The predicted octanol–water partition coefficient (Wildman–Crippen LogP) is 0.103. The molecule has 0 radical (unpaired) electrons. The smallest absolute Gasteiger partial charge is 0.306 e. The van der Waals surface area contributed by atoms with Gasteiger partial charge in [0, 0.05) is 19.3 Å². The number of aromatic hydroxyl groups is 1. The maximum atomic E-state index is 12.2. The molecule has 1 aliphatic rings. The van der Waals surface area contributed by atoms with Crippen LogP contribution in [0.15, 0.2) is 18.5 Å². The second-order valence-electron chi connectivity index (χ2n) is 4.27. The Kier molecular flexibility index (Phi) is 3.96. The number of hydrogen-bond donors (Lipinski definition) is 2. The molecule has 0 spiro atoms. The molecule has 2 N–H and O–H groups in total. The number of rotatable bonds is 3. The first-order chi connectivity index (χ1) is 9.06. The number of carboxylic acids is 1. The zero-order chi connectivity index (χ0) is 13.8. The molecule has 102 valence electrons. The molecule has 1 atom stereocenters. The van der Waals surface area contributed by atoms with Crippen molar-refractivity contribution in [1.29, 1.82) is 0 Å². The molecule has 0 aromatic carbocycles. The zero-order valence-electron chi connectivity index (χ0n) is 10.2. The number of morpholine rings is 1. The molecule has 1 aromatic rings. The fourth-order valence-corrected chi connectivity index (χ4v) is 1.95. The number of carbonyl (C=O) groups excluding carboxylic acids is 1. The first kappa shape index (κ1) is 13.3. The van der Waals surface area contributed by atoms with E-state index in [0.29, 0.717) is 13.2 Å². The molecule has 0 aliphatic carbocycles. The van der Waals surface area contributed by atoms with Gasteiger partial charge in [0.25, 0.3) is 5.91 Å². The summed E-state index contributed by atoms with van der Waals surface area (Å²) < 4.78 is 5.29. The summed E-state index contributed by atoms with van der Waals surface area (Å²) in [7, 11) is 0. The van der Waals surface area contributed by atoms with E-state index in [1.165, 1.54) is 23.4 Å². The monoisotopic (exact) mass is 266 g/mol. The molecule has 1 fully saturated rings. The predicted molar refractivity (Wildman–Crippen MR) is 63.8 cm³/mol. The van der Waals surface area contributed by atoms with Gasteiger partial charge in [0.2, 0.25) is 0 Å². The Morgan fingerprint density at radius 2 is 2.26 bits per heavy atom. The highest BCUT2D eigenvalue weighted by molar-refractivity contribution is 5.94. The number of aliphatic carboxylic acids is 1. The highest BCUT2D eigenvalue weighted by atomic mass is 16.5. The summed E-state index contributed by atoms with van der Waals surface area (Å²) in [6.07, 6.45) is 1.97. The van der Waals surface area contributed by atoms with Crippen LogP contribution in [0.25, 0.3) is 0 Å². The van der Waals surface area contributed by atoms with Crippen LogP contribution < -0.4 is 0 Å². The summed E-state index contributed by atoms with van der Waals surface area (Å²) in [4.78, 5) is 28.0. The van der Waals surface area contributed by atoms with Crippen LogP contribution in [0.2, 0.25) is 0 Å². The molecule has 19 heavy (non-hydrogen) atoms. The minimum atomic E-state index is -0.960. The van der Waals surface area contributed by atoms with Crippen LogP contribution in [0, 0.1) is 0 Å². The van der Waals surface area contributed by atoms with Crippen molar-refractivity contribution in [2.24, 2.45) is 0 Å². The van der Waals surface area contributed by atoms with Gasteiger partial charge in [-0.15, -0.1) is 0 Å². The molecule has 1 aliphatic heterocycles. The molecule has 2 heterocycles. The van der Waals surface area contributed by atoms with Gasteiger partial charge in [-0.1, -0.05) is 0 Å². The van der Waals surface area contributed by atoms with Crippen molar-refractivity contribution in [3.05, 3.63) is 24.0 Å². The molecule has 7 nitrogen and oxygen atoms in total. The molecule has 1 saturated heterocycles. The number of pyridine rings is 1. The van der Waals surface area contributed by atoms with Crippen molar-refractivity contribution in [2.45, 2.75) is 12.5 Å². The van der Waals surface area contributed by atoms with Gasteiger partial charge in [0.1, 0.15) is 5.75 Å². The number of carbonyl (C=O) groups is 2. The van der Waals surface area contributed by atoms with Gasteiger partial charge in [0.05, 0.1) is 30.9 Å². The van der Waals surface area contributed by atoms with Crippen molar-refractivity contribution < 1.29 is 24.5 Å². The van der Waals surface area contributed by atoms with Gasteiger partial charge in [-0.25, -0.2) is 0 Å². The minimum absolute atomic E-state index is 0.0822. The van der Waals surface area contributed by atoms with Crippen LogP contribution in [0.1, 0.15) is 16.8 Å². The number of carboxylic acid groups (broad SMARTS) is 1. The first-order valence-electron chi connectivity index (χ1n) is 5.83. The molecule has 0 saturated carbocycles. The van der Waals surface area contributed by atoms with E-state index in [2.05, 4.69) is 4.98 Å². The molecule has 1 amide bonds. The second kappa shape index (κ2) is 5.66. The molecular weight excluding hydrogens is 252 g/mol. The van der Waals surface area contributed by atoms with Crippen LogP contribution in [0.4, 0.5) is 0 Å². The Morgan fingerprint density at radius 1 is 1.47 bits per heavy atom. The van der Waals surface area contributed by atoms with Crippen molar-refractivity contribution in [3.8, 4) is 5.75 Å². The second-order valence-corrected chi connectivity index (χ2v) is 4.27. The van der Waals surface area contributed by atoms with Gasteiger partial charge in [-0.2, -0.15) is 0 Å². The summed E-state index contributed by atoms with van der Waals surface area (Å²) in [5.41, 5.74) is 0.274. The van der Waals surface area contributed by atoms with Crippen LogP contribution in [-0.4, -0.2) is 57.8 Å². The van der Waals surface area contributed by atoms with Gasteiger partial charge >= 0.3 is 5.97 Å². The third-order valence-corrected chi connectivity index (χ3v) is 2.80. The highest BCUT2D eigenvalue weighted by Gasteiger charge is 2.26. The Bertz CT molecular complexity index is 491. The average Bonchev–Trinajstić information content (AvgIpc) is 2.37. The van der Waals surface area contributed by atoms with Crippen LogP contribution in [-0.2, 0) is 9.53 Å². The van der Waals surface area contributed by atoms with E-state index in [1.54, 1.807) is 0 Å². The van der Waals surface area contributed by atoms with Crippen molar-refractivity contribution in [1.82, 2.24) is 9.88 Å². The molecular formula is C12H14N2O5. The largest absolute Gasteiger partial charge is 0.506 e. The highest BCUT2D eigenvalue weighted by Crippen LogP contribution is 2.15. The van der Waals surface area contributed by atoms with E-state index < -0.39 is 12.1 Å². The average molecular weight is 266 g/mol. The third kappa shape index (κ3) is 3.41. The number of aromatic nitrogens is 1. The Morgan fingerprint density at radius 3 is 2.95 bits per heavy atom. The topological polar surface area (TPSA) is 100.0 Å². The van der Waals surface area contributed by atoms with E-state index in [0.717, 1.165) is 0 Å². The lowest BCUT2D eigenvalue weighted by atomic mass is 10.1. The van der Waals surface area contributed by atoms with Crippen molar-refractivity contribution in [3.63, 3.8) is 0 Å². The standard InChI is InChI=1S/C12H14N2O5/c15-9-3-8(5-13-6-9)12(18)14-1-2-19-10(7-14)4-11(16)17/h3,5-6,10,15H,1-2,4,7H2,(H,16,17). The zero-order valence-corrected chi connectivity index (χ0v) is 10.2. The lowest BCUT2D eigenvalue weighted by Crippen LogP contribution is -2.46. The quantitative estimate of drug-likeness (QED) is 0.805. The maximum Gasteiger partial charge on any atom is 0.306 e. The first-order valence-corrected chi connectivity index (χ1v) is 5.83. The van der Waals surface area contributed by atoms with Gasteiger partial charge < -0.3 is 19.8 Å². The van der Waals surface area contributed by atoms with Gasteiger partial charge in [-0.05, 0) is 6.07 Å². The summed E-state index contributed by atoms with van der Waals surface area (Å²) in [5, 5.41) is 18.0. The normalized spacial score (nSPS) is 19.2. The van der Waals surface area contributed by atoms with E-state index >= 15 is 0 Å². The van der Waals surface area contributed by atoms with Crippen molar-refractivity contribution >= 4 is 11.9 Å². The summed E-state index contributed by atoms with van der Waals surface area (Å²) >= 11 is 0. The molecule has 2 rings (SSSR count). The fourth-order valence-electron chi connectivity index (χ4n) is 1.95. The number of amides is 1. The van der Waals surface area contributed by atoms with E-state index in [9.17, 15) is 14.7 Å². The summed E-state index contributed by atoms with van der Waals surface area (Å²) in [5.74, 6) is -1.33. The Balaban J connectivity index is 2.04. The van der Waals surface area contributed by atoms with Crippen LogP contribution >= 0.6 is 0 Å². The molecule has 1 unspecified atom stereocenters. The lowest BCUT2D eigenvalue weighted by molar-refractivity contribution is -0.141. The maximum absolute atomic E-state index is 12.2. The molecule has 7 heteroatoms. The number of hydrogen-bond acceptors (Lipinski definition) is 5. The minimum Gasteiger partial charge on any atom is -0.506 e. The SMILES string of the molecule is O=C(O)CC1CN(C(=O)c2cncc(O)c2)CCO1. The van der Waals surface area contributed by atoms with Crippen LogP contribution in [0.3, 0.4) is 0 Å². The van der Waals surface area contributed by atoms with Gasteiger partial charge in [0.15, 0.2) is 0 Å². The van der Waals surface area contributed by atoms with E-state index in [1.807, 2.05) is 0 Å². The fraction of sp³-hybridized carbons (Fsp3) is 0.417. The summed E-state index contributed by atoms with van der Waals surface area (Å²) in [6, 6.07) is 1.33.